The number of nitrogens with two attached hydrogens (primary N) is 1. The second kappa shape index (κ2) is 8.13. The lowest BCUT2D eigenvalue weighted by Crippen LogP contribution is -2.20. The molecular weight excluding hydrogens is 346 g/mol. The number of aryl methyl sites for hydroxylation is 1. The van der Waals surface area contributed by atoms with E-state index in [1.54, 1.807) is 30.3 Å². The van der Waals surface area contributed by atoms with Crippen LogP contribution in [0.1, 0.15) is 23.1 Å². The fraction of sp³-hybridized carbons (Fsp3) is 0.158. The Balaban J connectivity index is 1.75. The highest BCUT2D eigenvalue weighted by Gasteiger charge is 2.13. The molecule has 0 fully saturated rings. The zero-order valence-corrected chi connectivity index (χ0v) is 14.7. The Hall–Kier alpha value is -3.68. The van der Waals surface area contributed by atoms with Crippen LogP contribution in [0.5, 0.6) is 5.75 Å². The first kappa shape index (κ1) is 18.1. The van der Waals surface area contributed by atoms with Crippen molar-refractivity contribution in [2.75, 3.05) is 11.9 Å². The summed E-state index contributed by atoms with van der Waals surface area (Å²) in [6, 6.07) is 13.7. The van der Waals surface area contributed by atoms with E-state index in [0.717, 1.165) is 17.8 Å². The highest BCUT2D eigenvalue weighted by atomic mass is 16.5. The van der Waals surface area contributed by atoms with Gasteiger partial charge in [0.15, 0.2) is 12.4 Å². The molecule has 1 aromatic heterocycles. The van der Waals surface area contributed by atoms with E-state index in [4.69, 9.17) is 10.5 Å². The normalized spacial score (nSPS) is 10.4. The van der Waals surface area contributed by atoms with Gasteiger partial charge >= 0.3 is 0 Å². The molecule has 0 radical (unpaired) electrons. The Morgan fingerprint density at radius 1 is 1.15 bits per heavy atom. The van der Waals surface area contributed by atoms with Gasteiger partial charge in [0.25, 0.3) is 11.8 Å². The van der Waals surface area contributed by atoms with Crippen molar-refractivity contribution in [2.24, 2.45) is 5.73 Å². The summed E-state index contributed by atoms with van der Waals surface area (Å²) in [6.45, 7) is 1.77. The van der Waals surface area contributed by atoms with Crippen molar-refractivity contribution in [1.29, 1.82) is 0 Å². The van der Waals surface area contributed by atoms with Crippen molar-refractivity contribution in [3.8, 4) is 17.1 Å². The fourth-order valence-corrected chi connectivity index (χ4v) is 2.41. The molecule has 8 nitrogen and oxygen atoms in total. The molecule has 0 aliphatic rings. The Bertz CT molecular complexity index is 950. The van der Waals surface area contributed by atoms with E-state index in [1.807, 2.05) is 25.1 Å². The van der Waals surface area contributed by atoms with Crippen LogP contribution in [0.25, 0.3) is 11.4 Å². The maximum absolute atomic E-state index is 12.6. The maximum Gasteiger partial charge on any atom is 0.255 e. The molecule has 0 atom stereocenters. The largest absolute Gasteiger partial charge is 0.484 e. The molecule has 0 unspecified atom stereocenters. The molecule has 0 saturated heterocycles. The van der Waals surface area contributed by atoms with Gasteiger partial charge in [-0.1, -0.05) is 19.1 Å². The van der Waals surface area contributed by atoms with Crippen LogP contribution in [0.3, 0.4) is 0 Å². The summed E-state index contributed by atoms with van der Waals surface area (Å²) in [7, 11) is 0. The molecule has 8 heteroatoms. The molecule has 0 aliphatic heterocycles. The SMILES string of the molecule is CCc1nc(-c2ccccc2NC(=O)c2ccc(OCC(N)=O)cc2)n[nH]1. The summed E-state index contributed by atoms with van der Waals surface area (Å²) in [6.07, 6.45) is 0.742. The van der Waals surface area contributed by atoms with Crippen LogP contribution in [0.2, 0.25) is 0 Å². The van der Waals surface area contributed by atoms with Gasteiger partial charge in [0.2, 0.25) is 0 Å². The van der Waals surface area contributed by atoms with Crippen molar-refractivity contribution in [1.82, 2.24) is 15.2 Å². The number of nitrogens with zero attached hydrogens (tertiary/aromatic N) is 2. The number of rotatable bonds is 7. The number of anilines is 1. The molecular formula is C19H19N5O3. The molecule has 0 saturated carbocycles. The second-order valence-electron chi connectivity index (χ2n) is 5.74. The second-order valence-corrected chi connectivity index (χ2v) is 5.74. The Morgan fingerprint density at radius 2 is 1.89 bits per heavy atom. The first-order valence-electron chi connectivity index (χ1n) is 8.40. The first-order valence-corrected chi connectivity index (χ1v) is 8.40. The van der Waals surface area contributed by atoms with Crippen LogP contribution < -0.4 is 15.8 Å². The first-order chi connectivity index (χ1) is 13.1. The van der Waals surface area contributed by atoms with E-state index in [9.17, 15) is 9.59 Å². The highest BCUT2D eigenvalue weighted by molar-refractivity contribution is 6.06. The minimum absolute atomic E-state index is 0.213. The molecule has 27 heavy (non-hydrogen) atoms. The van der Waals surface area contributed by atoms with Crippen LogP contribution in [-0.4, -0.2) is 33.6 Å². The summed E-state index contributed by atoms with van der Waals surface area (Å²) in [4.78, 5) is 27.7. The number of hydrogen-bond donors (Lipinski definition) is 3. The summed E-state index contributed by atoms with van der Waals surface area (Å²) in [5.41, 5.74) is 6.82. The molecule has 4 N–H and O–H groups in total. The smallest absolute Gasteiger partial charge is 0.255 e. The van der Waals surface area contributed by atoms with Crippen molar-refractivity contribution in [3.05, 3.63) is 59.9 Å². The molecule has 2 amide bonds. The monoisotopic (exact) mass is 365 g/mol. The molecule has 0 aliphatic carbocycles. The third-order valence-corrected chi connectivity index (χ3v) is 3.78. The van der Waals surface area contributed by atoms with Gasteiger partial charge in [0, 0.05) is 17.5 Å². The molecule has 3 aromatic rings. The van der Waals surface area contributed by atoms with E-state index in [-0.39, 0.29) is 12.5 Å². The van der Waals surface area contributed by atoms with Gasteiger partial charge in [-0.2, -0.15) is 5.10 Å². The topological polar surface area (TPSA) is 123 Å². The number of carbonyl (C=O) groups is 2. The van der Waals surface area contributed by atoms with Gasteiger partial charge in [0.05, 0.1) is 5.69 Å². The van der Waals surface area contributed by atoms with E-state index in [0.29, 0.717) is 22.8 Å². The van der Waals surface area contributed by atoms with Crippen LogP contribution in [0, 0.1) is 0 Å². The highest BCUT2D eigenvalue weighted by Crippen LogP contribution is 2.25. The molecule has 2 aromatic carbocycles. The number of H-pyrrole nitrogens is 1. The standard InChI is InChI=1S/C19H19N5O3/c1-2-17-22-18(24-23-17)14-5-3-4-6-15(14)21-19(26)12-7-9-13(10-8-12)27-11-16(20)25/h3-10H,2,11H2,1H3,(H2,20,25)(H,21,26)(H,22,23,24). The van der Waals surface area contributed by atoms with E-state index in [2.05, 4.69) is 20.5 Å². The number of ether oxygens (including phenoxy) is 1. The van der Waals surface area contributed by atoms with E-state index in [1.165, 1.54) is 0 Å². The number of nitrogens with one attached hydrogen (secondary N) is 2. The number of hydrogen-bond acceptors (Lipinski definition) is 5. The van der Waals surface area contributed by atoms with Crippen LogP contribution >= 0.6 is 0 Å². The van der Waals surface area contributed by atoms with Crippen molar-refractivity contribution < 1.29 is 14.3 Å². The predicted octanol–water partition coefficient (Wildman–Crippen LogP) is 2.15. The van der Waals surface area contributed by atoms with Crippen LogP contribution in [-0.2, 0) is 11.2 Å². The number of aromatic nitrogens is 3. The minimum atomic E-state index is -0.563. The summed E-state index contributed by atoms with van der Waals surface area (Å²) < 4.78 is 5.18. The van der Waals surface area contributed by atoms with Gasteiger partial charge in [-0.15, -0.1) is 0 Å². The van der Waals surface area contributed by atoms with Gasteiger partial charge in [-0.25, -0.2) is 4.98 Å². The van der Waals surface area contributed by atoms with Gasteiger partial charge in [0.1, 0.15) is 11.6 Å². The molecule has 1 heterocycles. The van der Waals surface area contributed by atoms with E-state index < -0.39 is 5.91 Å². The third kappa shape index (κ3) is 4.49. The number of para-hydroxylation sites is 1. The lowest BCUT2D eigenvalue weighted by atomic mass is 10.1. The van der Waals surface area contributed by atoms with Crippen molar-refractivity contribution >= 4 is 17.5 Å². The average molecular weight is 365 g/mol. The summed E-state index contributed by atoms with van der Waals surface area (Å²) in [5.74, 6) is 0.913. The van der Waals surface area contributed by atoms with Gasteiger partial charge in [-0.3, -0.25) is 14.7 Å². The quantitative estimate of drug-likeness (QED) is 0.592. The number of carbonyl (C=O) groups excluding carboxylic acids is 2. The summed E-state index contributed by atoms with van der Waals surface area (Å²) in [5, 5.41) is 9.95. The minimum Gasteiger partial charge on any atom is -0.484 e. The Kier molecular flexibility index (Phi) is 5.46. The molecule has 0 spiro atoms. The van der Waals surface area contributed by atoms with E-state index >= 15 is 0 Å². The molecule has 138 valence electrons. The van der Waals surface area contributed by atoms with Gasteiger partial charge < -0.3 is 15.8 Å². The van der Waals surface area contributed by atoms with Gasteiger partial charge in [-0.05, 0) is 36.4 Å². The molecule has 3 rings (SSSR count). The Morgan fingerprint density at radius 3 is 2.56 bits per heavy atom. The average Bonchev–Trinajstić information content (AvgIpc) is 3.16. The zero-order valence-electron chi connectivity index (χ0n) is 14.7. The lowest BCUT2D eigenvalue weighted by molar-refractivity contribution is -0.119. The zero-order chi connectivity index (χ0) is 19.2. The number of amides is 2. The lowest BCUT2D eigenvalue weighted by Gasteiger charge is -2.09. The summed E-state index contributed by atoms with van der Waals surface area (Å²) >= 11 is 0. The maximum atomic E-state index is 12.6. The van der Waals surface area contributed by atoms with Crippen LogP contribution in [0.4, 0.5) is 5.69 Å². The number of benzene rings is 2. The third-order valence-electron chi connectivity index (χ3n) is 3.78. The number of primary amides is 1. The predicted molar refractivity (Wildman–Crippen MR) is 100 cm³/mol. The van der Waals surface area contributed by atoms with Crippen molar-refractivity contribution in [3.63, 3.8) is 0 Å². The van der Waals surface area contributed by atoms with Crippen molar-refractivity contribution in [2.45, 2.75) is 13.3 Å². The number of aromatic amines is 1. The van der Waals surface area contributed by atoms with Crippen LogP contribution in [0.15, 0.2) is 48.5 Å². The fourth-order valence-electron chi connectivity index (χ4n) is 2.41. The molecule has 0 bridgehead atoms. The Labute approximate surface area is 155 Å².